The van der Waals surface area contributed by atoms with E-state index in [2.05, 4.69) is 10.6 Å². The number of nitrogens with one attached hydrogen (secondary N) is 2. The summed E-state index contributed by atoms with van der Waals surface area (Å²) in [7, 11) is 0. The van der Waals surface area contributed by atoms with Gasteiger partial charge >= 0.3 is 5.97 Å². The minimum atomic E-state index is -1.14. The predicted molar refractivity (Wildman–Crippen MR) is 108 cm³/mol. The van der Waals surface area contributed by atoms with Crippen LogP contribution in [0.4, 0.5) is 0 Å². The van der Waals surface area contributed by atoms with Crippen LogP contribution in [0.3, 0.4) is 0 Å². The first-order chi connectivity index (χ1) is 13.0. The van der Waals surface area contributed by atoms with Gasteiger partial charge in [-0.3, -0.25) is 14.4 Å². The number of carboxylic acid groups (broad SMARTS) is 1. The number of amides is 2. The predicted octanol–water partition coefficient (Wildman–Crippen LogP) is 1.76. The Morgan fingerprint density at radius 1 is 0.964 bits per heavy atom. The van der Waals surface area contributed by atoms with E-state index in [1.807, 2.05) is 27.7 Å². The van der Waals surface area contributed by atoms with Crippen LogP contribution >= 0.6 is 0 Å². The van der Waals surface area contributed by atoms with Crippen LogP contribution in [-0.2, 0) is 19.2 Å². The van der Waals surface area contributed by atoms with Crippen molar-refractivity contribution < 1.29 is 24.3 Å². The number of carbonyl (C=O) groups excluding carboxylic acids is 3. The van der Waals surface area contributed by atoms with E-state index in [0.717, 1.165) is 6.42 Å². The highest BCUT2D eigenvalue weighted by Crippen LogP contribution is 2.18. The number of hydrogen-bond acceptors (Lipinski definition) is 5. The standard InChI is InChI=1S/C20H37N3O5/c1-5-6-10-17(25)23-15(19(27)28)11-12-16(24)22-13-8-7-9-14(21)18(26)20(2,3)4/h14-15H,5-13,21H2,1-4H3,(H,22,24)(H,23,25)(H,27,28). The third-order valence-corrected chi connectivity index (χ3v) is 4.39. The highest BCUT2D eigenvalue weighted by atomic mass is 16.4. The van der Waals surface area contributed by atoms with Gasteiger partial charge in [0.25, 0.3) is 0 Å². The fourth-order valence-electron chi connectivity index (χ4n) is 2.63. The van der Waals surface area contributed by atoms with Crippen LogP contribution in [0.15, 0.2) is 0 Å². The molecule has 0 aliphatic carbocycles. The van der Waals surface area contributed by atoms with Gasteiger partial charge in [0.1, 0.15) is 6.04 Å². The maximum atomic E-state index is 12.0. The summed E-state index contributed by atoms with van der Waals surface area (Å²) in [5.41, 5.74) is 5.44. The molecular formula is C20H37N3O5. The molecule has 0 aliphatic heterocycles. The van der Waals surface area contributed by atoms with Gasteiger partial charge in [-0.2, -0.15) is 0 Å². The van der Waals surface area contributed by atoms with Crippen molar-refractivity contribution in [1.29, 1.82) is 0 Å². The average molecular weight is 400 g/mol. The molecule has 0 aromatic heterocycles. The molecule has 0 fully saturated rings. The number of ketones is 1. The second kappa shape index (κ2) is 13.3. The molecule has 0 aliphatic rings. The minimum Gasteiger partial charge on any atom is -0.480 e. The van der Waals surface area contributed by atoms with Gasteiger partial charge in [0, 0.05) is 24.8 Å². The first kappa shape index (κ1) is 26.0. The number of rotatable bonds is 14. The van der Waals surface area contributed by atoms with Crippen molar-refractivity contribution in [2.24, 2.45) is 11.1 Å². The van der Waals surface area contributed by atoms with Crippen LogP contribution in [-0.4, -0.2) is 47.3 Å². The molecule has 0 rings (SSSR count). The Morgan fingerprint density at radius 3 is 2.14 bits per heavy atom. The van der Waals surface area contributed by atoms with E-state index < -0.39 is 23.5 Å². The molecule has 28 heavy (non-hydrogen) atoms. The Balaban J connectivity index is 4.06. The van der Waals surface area contributed by atoms with Gasteiger partial charge in [0.05, 0.1) is 6.04 Å². The molecule has 0 bridgehead atoms. The zero-order valence-electron chi connectivity index (χ0n) is 17.7. The Labute approximate surface area is 168 Å². The highest BCUT2D eigenvalue weighted by Gasteiger charge is 2.26. The third-order valence-electron chi connectivity index (χ3n) is 4.39. The number of Topliss-reactive ketones (excluding diaryl/α,β-unsaturated/α-hetero) is 1. The van der Waals surface area contributed by atoms with Crippen LogP contribution in [0, 0.1) is 5.41 Å². The number of aliphatic carboxylic acids is 1. The summed E-state index contributed by atoms with van der Waals surface area (Å²) in [6.45, 7) is 7.91. The molecule has 0 spiro atoms. The molecule has 0 aromatic rings. The maximum absolute atomic E-state index is 12.0. The summed E-state index contributed by atoms with van der Waals surface area (Å²) >= 11 is 0. The fraction of sp³-hybridized carbons (Fsp3) is 0.800. The molecule has 2 unspecified atom stereocenters. The van der Waals surface area contributed by atoms with Gasteiger partial charge in [0.15, 0.2) is 5.78 Å². The molecule has 0 heterocycles. The first-order valence-corrected chi connectivity index (χ1v) is 10.1. The molecule has 162 valence electrons. The van der Waals surface area contributed by atoms with Crippen molar-refractivity contribution in [3.05, 3.63) is 0 Å². The lowest BCUT2D eigenvalue weighted by Gasteiger charge is -2.21. The summed E-state index contributed by atoms with van der Waals surface area (Å²) in [5.74, 6) is -1.69. The molecule has 0 saturated carbocycles. The molecule has 2 atom stereocenters. The fourth-order valence-corrected chi connectivity index (χ4v) is 2.63. The Morgan fingerprint density at radius 2 is 1.61 bits per heavy atom. The number of carboxylic acids is 1. The lowest BCUT2D eigenvalue weighted by molar-refractivity contribution is -0.142. The molecule has 2 amide bonds. The lowest BCUT2D eigenvalue weighted by atomic mass is 9.85. The SMILES string of the molecule is CCCCC(=O)NC(CCC(=O)NCCCCC(N)C(=O)C(C)(C)C)C(=O)O. The van der Waals surface area contributed by atoms with Crippen LogP contribution < -0.4 is 16.4 Å². The van der Waals surface area contributed by atoms with Gasteiger partial charge in [0.2, 0.25) is 11.8 Å². The summed E-state index contributed by atoms with van der Waals surface area (Å²) in [4.78, 5) is 46.8. The summed E-state index contributed by atoms with van der Waals surface area (Å²) < 4.78 is 0. The van der Waals surface area contributed by atoms with E-state index in [1.54, 1.807) is 0 Å². The van der Waals surface area contributed by atoms with E-state index in [4.69, 9.17) is 5.73 Å². The lowest BCUT2D eigenvalue weighted by Crippen LogP contribution is -2.41. The van der Waals surface area contributed by atoms with Gasteiger partial charge in [-0.15, -0.1) is 0 Å². The molecule has 0 radical (unpaired) electrons. The van der Waals surface area contributed by atoms with Crippen LogP contribution in [0.2, 0.25) is 0 Å². The highest BCUT2D eigenvalue weighted by molar-refractivity contribution is 5.88. The van der Waals surface area contributed by atoms with E-state index in [-0.39, 0.29) is 36.9 Å². The van der Waals surface area contributed by atoms with E-state index in [0.29, 0.717) is 32.2 Å². The van der Waals surface area contributed by atoms with E-state index in [1.165, 1.54) is 0 Å². The van der Waals surface area contributed by atoms with Crippen molar-refractivity contribution >= 4 is 23.6 Å². The van der Waals surface area contributed by atoms with Crippen molar-refractivity contribution in [3.8, 4) is 0 Å². The number of nitrogens with two attached hydrogens (primary N) is 1. The molecule has 8 nitrogen and oxygen atoms in total. The number of hydrogen-bond donors (Lipinski definition) is 4. The maximum Gasteiger partial charge on any atom is 0.326 e. The zero-order chi connectivity index (χ0) is 21.7. The summed E-state index contributed by atoms with van der Waals surface area (Å²) in [5, 5.41) is 14.4. The van der Waals surface area contributed by atoms with Crippen molar-refractivity contribution in [1.82, 2.24) is 10.6 Å². The second-order valence-corrected chi connectivity index (χ2v) is 8.17. The van der Waals surface area contributed by atoms with Gasteiger partial charge < -0.3 is 21.5 Å². The van der Waals surface area contributed by atoms with Crippen molar-refractivity contribution in [3.63, 3.8) is 0 Å². The topological polar surface area (TPSA) is 139 Å². The summed E-state index contributed by atoms with van der Waals surface area (Å²) in [6, 6.07) is -1.56. The van der Waals surface area contributed by atoms with Crippen molar-refractivity contribution in [2.45, 2.75) is 91.1 Å². The van der Waals surface area contributed by atoms with Crippen LogP contribution in [0.1, 0.15) is 79.1 Å². The van der Waals surface area contributed by atoms with Crippen LogP contribution in [0.5, 0.6) is 0 Å². The van der Waals surface area contributed by atoms with Gasteiger partial charge in [-0.25, -0.2) is 4.79 Å². The quantitative estimate of drug-likeness (QED) is 0.328. The average Bonchev–Trinajstić information content (AvgIpc) is 2.61. The third kappa shape index (κ3) is 11.7. The van der Waals surface area contributed by atoms with Crippen LogP contribution in [0.25, 0.3) is 0 Å². The summed E-state index contributed by atoms with van der Waals surface area (Å²) in [6.07, 6.45) is 3.87. The molecule has 0 saturated heterocycles. The Kier molecular flexibility index (Phi) is 12.3. The molecule has 5 N–H and O–H groups in total. The monoisotopic (exact) mass is 399 g/mol. The molecular weight excluding hydrogens is 362 g/mol. The number of unbranched alkanes of at least 4 members (excludes halogenated alkanes) is 2. The normalized spacial score (nSPS) is 13.5. The Bertz CT molecular complexity index is 528. The largest absolute Gasteiger partial charge is 0.480 e. The Hall–Kier alpha value is -1.96. The van der Waals surface area contributed by atoms with Gasteiger partial charge in [-0.1, -0.05) is 34.1 Å². The molecule has 0 aromatic carbocycles. The molecule has 8 heteroatoms. The number of carbonyl (C=O) groups is 4. The second-order valence-electron chi connectivity index (χ2n) is 8.17. The van der Waals surface area contributed by atoms with E-state index in [9.17, 15) is 24.3 Å². The first-order valence-electron chi connectivity index (χ1n) is 10.1. The zero-order valence-corrected chi connectivity index (χ0v) is 17.7. The van der Waals surface area contributed by atoms with Gasteiger partial charge in [-0.05, 0) is 32.1 Å². The van der Waals surface area contributed by atoms with E-state index >= 15 is 0 Å². The van der Waals surface area contributed by atoms with Crippen molar-refractivity contribution in [2.75, 3.05) is 6.54 Å². The smallest absolute Gasteiger partial charge is 0.326 e. The minimum absolute atomic E-state index is 0.0209.